The predicted molar refractivity (Wildman–Crippen MR) is 116 cm³/mol. The standard InChI is InChI=1S/C23H19ClN4O2/c24-19-9-7-18(8-10-19)22(29)27-12-14-28(15-13-27)23-20(16-25)26-21(30-23)11-6-17-4-2-1-3-5-17/h1-11H,12-15H2/b11-6+. The second-order valence-corrected chi connectivity index (χ2v) is 7.28. The van der Waals surface area contributed by atoms with Crippen LogP contribution in [0, 0.1) is 11.3 Å². The Kier molecular flexibility index (Phi) is 5.82. The molecule has 0 saturated carbocycles. The number of piperazine rings is 1. The molecule has 1 aliphatic rings. The van der Waals surface area contributed by atoms with Gasteiger partial charge in [-0.25, -0.2) is 0 Å². The van der Waals surface area contributed by atoms with Gasteiger partial charge in [0, 0.05) is 42.8 Å². The minimum Gasteiger partial charge on any atom is -0.420 e. The highest BCUT2D eigenvalue weighted by Gasteiger charge is 2.26. The van der Waals surface area contributed by atoms with Crippen molar-refractivity contribution in [1.29, 1.82) is 5.26 Å². The summed E-state index contributed by atoms with van der Waals surface area (Å²) in [5, 5.41) is 10.1. The molecule has 3 aromatic rings. The van der Waals surface area contributed by atoms with E-state index in [1.165, 1.54) is 0 Å². The van der Waals surface area contributed by atoms with Gasteiger partial charge in [-0.1, -0.05) is 41.9 Å². The summed E-state index contributed by atoms with van der Waals surface area (Å²) in [6.07, 6.45) is 3.64. The van der Waals surface area contributed by atoms with Gasteiger partial charge in [0.05, 0.1) is 0 Å². The molecule has 30 heavy (non-hydrogen) atoms. The van der Waals surface area contributed by atoms with Crippen LogP contribution in [0.4, 0.5) is 5.88 Å². The molecule has 1 aromatic heterocycles. The molecule has 1 saturated heterocycles. The number of amides is 1. The predicted octanol–water partition coefficient (Wildman–Crippen LogP) is 4.33. The Morgan fingerprint density at radius 2 is 1.73 bits per heavy atom. The Morgan fingerprint density at radius 3 is 2.40 bits per heavy atom. The minimum absolute atomic E-state index is 0.0316. The van der Waals surface area contributed by atoms with E-state index in [0.717, 1.165) is 5.56 Å². The third-order valence-corrected chi connectivity index (χ3v) is 5.15. The molecule has 0 bridgehead atoms. The van der Waals surface area contributed by atoms with Crippen LogP contribution in [0.1, 0.15) is 27.5 Å². The van der Waals surface area contributed by atoms with E-state index in [4.69, 9.17) is 16.0 Å². The van der Waals surface area contributed by atoms with Crippen molar-refractivity contribution in [3.8, 4) is 6.07 Å². The second kappa shape index (κ2) is 8.85. The maximum atomic E-state index is 12.7. The summed E-state index contributed by atoms with van der Waals surface area (Å²) in [5.74, 6) is 0.796. The van der Waals surface area contributed by atoms with Crippen molar-refractivity contribution in [3.05, 3.63) is 82.3 Å². The number of hydrogen-bond donors (Lipinski definition) is 0. The monoisotopic (exact) mass is 418 g/mol. The fourth-order valence-electron chi connectivity index (χ4n) is 3.31. The van der Waals surface area contributed by atoms with E-state index in [0.29, 0.717) is 48.5 Å². The number of halogens is 1. The molecule has 1 fully saturated rings. The molecule has 0 radical (unpaired) electrons. The third-order valence-electron chi connectivity index (χ3n) is 4.89. The number of carbonyl (C=O) groups excluding carboxylic acids is 1. The Balaban J connectivity index is 1.43. The van der Waals surface area contributed by atoms with Crippen molar-refractivity contribution < 1.29 is 9.21 Å². The van der Waals surface area contributed by atoms with Gasteiger partial charge in [-0.2, -0.15) is 10.2 Å². The fourth-order valence-corrected chi connectivity index (χ4v) is 3.43. The zero-order valence-electron chi connectivity index (χ0n) is 16.2. The van der Waals surface area contributed by atoms with Crippen molar-refractivity contribution in [2.24, 2.45) is 0 Å². The number of rotatable bonds is 4. The van der Waals surface area contributed by atoms with Gasteiger partial charge in [0.15, 0.2) is 0 Å². The summed E-state index contributed by atoms with van der Waals surface area (Å²) in [7, 11) is 0. The summed E-state index contributed by atoms with van der Waals surface area (Å²) >= 11 is 5.90. The van der Waals surface area contributed by atoms with Crippen LogP contribution < -0.4 is 4.90 Å². The van der Waals surface area contributed by atoms with Crippen molar-refractivity contribution in [2.75, 3.05) is 31.1 Å². The number of aromatic nitrogens is 1. The van der Waals surface area contributed by atoms with Gasteiger partial charge in [0.2, 0.25) is 17.5 Å². The number of carbonyl (C=O) groups is 1. The van der Waals surface area contributed by atoms with Crippen LogP contribution in [-0.4, -0.2) is 42.0 Å². The molecule has 1 amide bonds. The molecule has 0 unspecified atom stereocenters. The fraction of sp³-hybridized carbons (Fsp3) is 0.174. The molecule has 6 nitrogen and oxygen atoms in total. The first-order valence-electron chi connectivity index (χ1n) is 9.58. The molecule has 0 N–H and O–H groups in total. The van der Waals surface area contributed by atoms with Crippen molar-refractivity contribution >= 4 is 35.5 Å². The zero-order chi connectivity index (χ0) is 20.9. The smallest absolute Gasteiger partial charge is 0.253 e. The van der Waals surface area contributed by atoms with Crippen LogP contribution in [0.15, 0.2) is 59.0 Å². The Bertz CT molecular complexity index is 1090. The minimum atomic E-state index is -0.0316. The summed E-state index contributed by atoms with van der Waals surface area (Å²) in [6, 6.07) is 18.8. The zero-order valence-corrected chi connectivity index (χ0v) is 16.9. The molecule has 1 aliphatic heterocycles. The van der Waals surface area contributed by atoms with Gasteiger partial charge in [-0.15, -0.1) is 0 Å². The Hall–Kier alpha value is -3.56. The summed E-state index contributed by atoms with van der Waals surface area (Å²) in [6.45, 7) is 2.18. The highest BCUT2D eigenvalue weighted by Crippen LogP contribution is 2.24. The van der Waals surface area contributed by atoms with Crippen molar-refractivity contribution in [1.82, 2.24) is 9.88 Å². The first kappa shape index (κ1) is 19.7. The molecule has 150 valence electrons. The van der Waals surface area contributed by atoms with Crippen LogP contribution in [-0.2, 0) is 0 Å². The van der Waals surface area contributed by atoms with Gasteiger partial charge in [0.1, 0.15) is 6.07 Å². The van der Waals surface area contributed by atoms with E-state index in [-0.39, 0.29) is 11.6 Å². The number of oxazole rings is 1. The lowest BCUT2D eigenvalue weighted by Crippen LogP contribution is -2.48. The first-order valence-corrected chi connectivity index (χ1v) is 9.95. The summed E-state index contributed by atoms with van der Waals surface area (Å²) < 4.78 is 5.85. The average molecular weight is 419 g/mol. The maximum Gasteiger partial charge on any atom is 0.253 e. The maximum absolute atomic E-state index is 12.7. The van der Waals surface area contributed by atoms with E-state index in [2.05, 4.69) is 11.1 Å². The van der Waals surface area contributed by atoms with Crippen molar-refractivity contribution in [3.63, 3.8) is 0 Å². The van der Waals surface area contributed by atoms with Crippen LogP contribution in [0.5, 0.6) is 0 Å². The Morgan fingerprint density at radius 1 is 1.03 bits per heavy atom. The molecule has 2 aromatic carbocycles. The highest BCUT2D eigenvalue weighted by molar-refractivity contribution is 6.30. The SMILES string of the molecule is N#Cc1nc(/C=C/c2ccccc2)oc1N1CCN(C(=O)c2ccc(Cl)cc2)CC1. The quantitative estimate of drug-likeness (QED) is 0.630. The molecule has 0 spiro atoms. The van der Waals surface area contributed by atoms with E-state index < -0.39 is 0 Å². The number of nitrogens with zero attached hydrogens (tertiary/aromatic N) is 4. The van der Waals surface area contributed by atoms with Gasteiger partial charge in [0.25, 0.3) is 5.91 Å². The number of anilines is 1. The molecule has 0 aliphatic carbocycles. The molecule has 2 heterocycles. The van der Waals surface area contributed by atoms with Gasteiger partial charge in [-0.05, 0) is 35.9 Å². The molecule has 7 heteroatoms. The molecular weight excluding hydrogens is 400 g/mol. The van der Waals surface area contributed by atoms with E-state index in [1.54, 1.807) is 35.2 Å². The second-order valence-electron chi connectivity index (χ2n) is 6.85. The summed E-state index contributed by atoms with van der Waals surface area (Å²) in [5.41, 5.74) is 1.88. The average Bonchev–Trinajstić information content (AvgIpc) is 3.22. The van der Waals surface area contributed by atoms with E-state index >= 15 is 0 Å². The molecular formula is C23H19ClN4O2. The lowest BCUT2D eigenvalue weighted by atomic mass is 10.2. The number of nitriles is 1. The molecule has 4 rings (SSSR count). The molecule has 0 atom stereocenters. The van der Waals surface area contributed by atoms with E-state index in [1.807, 2.05) is 41.3 Å². The lowest BCUT2D eigenvalue weighted by Gasteiger charge is -2.34. The van der Waals surface area contributed by atoms with Gasteiger partial charge < -0.3 is 14.2 Å². The number of benzene rings is 2. The third kappa shape index (κ3) is 4.37. The first-order chi connectivity index (χ1) is 14.6. The lowest BCUT2D eigenvalue weighted by molar-refractivity contribution is 0.0745. The largest absolute Gasteiger partial charge is 0.420 e. The van der Waals surface area contributed by atoms with Crippen LogP contribution in [0.2, 0.25) is 5.02 Å². The van der Waals surface area contributed by atoms with Gasteiger partial charge in [-0.3, -0.25) is 4.79 Å². The Labute approximate surface area is 179 Å². The van der Waals surface area contributed by atoms with Crippen LogP contribution in [0.3, 0.4) is 0 Å². The van der Waals surface area contributed by atoms with Crippen LogP contribution in [0.25, 0.3) is 12.2 Å². The normalized spacial score (nSPS) is 14.1. The van der Waals surface area contributed by atoms with Crippen molar-refractivity contribution in [2.45, 2.75) is 0 Å². The van der Waals surface area contributed by atoms with E-state index in [9.17, 15) is 10.1 Å². The van der Waals surface area contributed by atoms with Gasteiger partial charge >= 0.3 is 0 Å². The van der Waals surface area contributed by atoms with Crippen LogP contribution >= 0.6 is 11.6 Å². The highest BCUT2D eigenvalue weighted by atomic mass is 35.5. The topological polar surface area (TPSA) is 73.4 Å². The summed E-state index contributed by atoms with van der Waals surface area (Å²) in [4.78, 5) is 20.7. The number of hydrogen-bond acceptors (Lipinski definition) is 5.